The van der Waals surface area contributed by atoms with Crippen LogP contribution in [0.3, 0.4) is 0 Å². The van der Waals surface area contributed by atoms with Crippen LogP contribution in [0.2, 0.25) is 0 Å². The van der Waals surface area contributed by atoms with Crippen molar-refractivity contribution < 1.29 is 0 Å². The molecule has 0 spiro atoms. The lowest BCUT2D eigenvalue weighted by Gasteiger charge is -2.17. The summed E-state index contributed by atoms with van der Waals surface area (Å²) in [5, 5.41) is 5.87. The number of hydrogen-bond acceptors (Lipinski definition) is 2. The van der Waals surface area contributed by atoms with Gasteiger partial charge in [0.05, 0.1) is 0 Å². The zero-order valence-corrected chi connectivity index (χ0v) is 10.6. The van der Waals surface area contributed by atoms with Crippen molar-refractivity contribution in [2.75, 3.05) is 27.2 Å². The van der Waals surface area contributed by atoms with Crippen molar-refractivity contribution in [1.82, 2.24) is 10.2 Å². The Bertz CT molecular complexity index is 474. The number of hydrogen-bond donors (Lipinski definition) is 1. The smallest absolute Gasteiger partial charge is 0.0237 e. The van der Waals surface area contributed by atoms with E-state index in [1.54, 1.807) is 0 Å². The third-order valence-electron chi connectivity index (χ3n) is 3.06. The standard InChI is InChI=1S/C15H20N2/c1-16-10-11-17(2)12-14-8-5-7-13-6-3-4-9-15(13)14/h3-9,16H,10-12H2,1-2H3. The predicted molar refractivity (Wildman–Crippen MR) is 74.2 cm³/mol. The van der Waals surface area contributed by atoms with Crippen molar-refractivity contribution in [2.45, 2.75) is 6.54 Å². The maximum Gasteiger partial charge on any atom is 0.0237 e. The molecule has 0 heterocycles. The van der Waals surface area contributed by atoms with Gasteiger partial charge in [-0.15, -0.1) is 0 Å². The topological polar surface area (TPSA) is 15.3 Å². The first kappa shape index (κ1) is 12.1. The van der Waals surface area contributed by atoms with E-state index < -0.39 is 0 Å². The lowest BCUT2D eigenvalue weighted by atomic mass is 10.0. The Morgan fingerprint density at radius 1 is 1.06 bits per heavy atom. The van der Waals surface area contributed by atoms with E-state index in [-0.39, 0.29) is 0 Å². The van der Waals surface area contributed by atoms with Crippen LogP contribution in [-0.2, 0) is 6.54 Å². The molecule has 0 aliphatic heterocycles. The van der Waals surface area contributed by atoms with Gasteiger partial charge in [-0.2, -0.15) is 0 Å². The fourth-order valence-corrected chi connectivity index (χ4v) is 2.10. The van der Waals surface area contributed by atoms with Crippen LogP contribution in [0, 0.1) is 0 Å². The summed E-state index contributed by atoms with van der Waals surface area (Å²) in [4.78, 5) is 2.35. The molecule has 2 aromatic carbocycles. The molecule has 0 aliphatic carbocycles. The largest absolute Gasteiger partial charge is 0.318 e. The molecular weight excluding hydrogens is 208 g/mol. The lowest BCUT2D eigenvalue weighted by molar-refractivity contribution is 0.329. The van der Waals surface area contributed by atoms with Crippen molar-refractivity contribution in [1.29, 1.82) is 0 Å². The molecule has 0 saturated heterocycles. The van der Waals surface area contributed by atoms with Crippen molar-refractivity contribution in [2.24, 2.45) is 0 Å². The highest BCUT2D eigenvalue weighted by molar-refractivity contribution is 5.85. The molecule has 0 amide bonds. The van der Waals surface area contributed by atoms with Gasteiger partial charge in [0, 0.05) is 19.6 Å². The highest BCUT2D eigenvalue weighted by Crippen LogP contribution is 2.19. The van der Waals surface area contributed by atoms with Gasteiger partial charge < -0.3 is 10.2 Å². The van der Waals surface area contributed by atoms with E-state index in [9.17, 15) is 0 Å². The Morgan fingerprint density at radius 2 is 1.82 bits per heavy atom. The lowest BCUT2D eigenvalue weighted by Crippen LogP contribution is -2.26. The summed E-state index contributed by atoms with van der Waals surface area (Å²) in [6.45, 7) is 3.10. The molecule has 0 aliphatic rings. The quantitative estimate of drug-likeness (QED) is 0.846. The van der Waals surface area contributed by atoms with Crippen LogP contribution in [0.5, 0.6) is 0 Å². The number of fused-ring (bicyclic) bond motifs is 1. The summed E-state index contributed by atoms with van der Waals surface area (Å²) in [5.74, 6) is 0. The number of nitrogens with one attached hydrogen (secondary N) is 1. The van der Waals surface area contributed by atoms with Crippen LogP contribution in [0.4, 0.5) is 0 Å². The highest BCUT2D eigenvalue weighted by Gasteiger charge is 2.03. The Hall–Kier alpha value is -1.38. The average Bonchev–Trinajstić information content (AvgIpc) is 2.37. The molecule has 0 fully saturated rings. The second kappa shape index (κ2) is 5.80. The first-order valence-electron chi connectivity index (χ1n) is 6.11. The molecule has 0 atom stereocenters. The number of likely N-dealkylation sites (N-methyl/N-ethyl adjacent to an activating group) is 2. The van der Waals surface area contributed by atoms with Crippen LogP contribution in [-0.4, -0.2) is 32.1 Å². The molecule has 0 aromatic heterocycles. The predicted octanol–water partition coefficient (Wildman–Crippen LogP) is 2.49. The van der Waals surface area contributed by atoms with Gasteiger partial charge in [0.15, 0.2) is 0 Å². The molecule has 2 rings (SSSR count). The number of nitrogens with zero attached hydrogens (tertiary/aromatic N) is 1. The van der Waals surface area contributed by atoms with Crippen LogP contribution in [0.15, 0.2) is 42.5 Å². The van der Waals surface area contributed by atoms with E-state index in [0.29, 0.717) is 0 Å². The highest BCUT2D eigenvalue weighted by atomic mass is 15.1. The number of benzene rings is 2. The van der Waals surface area contributed by atoms with Gasteiger partial charge in [-0.05, 0) is 30.4 Å². The molecule has 2 aromatic rings. The molecule has 17 heavy (non-hydrogen) atoms. The van der Waals surface area contributed by atoms with Crippen LogP contribution >= 0.6 is 0 Å². The molecule has 0 radical (unpaired) electrons. The van der Waals surface area contributed by atoms with Gasteiger partial charge in [0.1, 0.15) is 0 Å². The molecule has 1 N–H and O–H groups in total. The summed E-state index contributed by atoms with van der Waals surface area (Å²) in [6.07, 6.45) is 0. The fraction of sp³-hybridized carbons (Fsp3) is 0.333. The monoisotopic (exact) mass is 228 g/mol. The van der Waals surface area contributed by atoms with E-state index in [4.69, 9.17) is 0 Å². The Kier molecular flexibility index (Phi) is 4.13. The van der Waals surface area contributed by atoms with Crippen LogP contribution in [0.1, 0.15) is 5.56 Å². The minimum absolute atomic E-state index is 1.00. The molecule has 2 nitrogen and oxygen atoms in total. The first-order chi connectivity index (χ1) is 8.31. The molecule has 2 heteroatoms. The summed E-state index contributed by atoms with van der Waals surface area (Å²) < 4.78 is 0. The summed E-state index contributed by atoms with van der Waals surface area (Å²) in [7, 11) is 4.16. The third kappa shape index (κ3) is 3.05. The van der Waals surface area contributed by atoms with E-state index in [1.807, 2.05) is 7.05 Å². The van der Waals surface area contributed by atoms with E-state index in [2.05, 4.69) is 59.7 Å². The second-order valence-corrected chi connectivity index (χ2v) is 4.48. The molecular formula is C15H20N2. The average molecular weight is 228 g/mol. The van der Waals surface area contributed by atoms with Crippen LogP contribution < -0.4 is 5.32 Å². The van der Waals surface area contributed by atoms with Gasteiger partial charge in [0.25, 0.3) is 0 Å². The maximum atomic E-state index is 3.18. The van der Waals surface area contributed by atoms with Crippen molar-refractivity contribution in [3.8, 4) is 0 Å². The van der Waals surface area contributed by atoms with E-state index >= 15 is 0 Å². The third-order valence-corrected chi connectivity index (χ3v) is 3.06. The fourth-order valence-electron chi connectivity index (χ4n) is 2.10. The normalized spacial score (nSPS) is 11.2. The zero-order valence-electron chi connectivity index (χ0n) is 10.6. The van der Waals surface area contributed by atoms with Gasteiger partial charge >= 0.3 is 0 Å². The van der Waals surface area contributed by atoms with Gasteiger partial charge in [-0.1, -0.05) is 42.5 Å². The molecule has 90 valence electrons. The van der Waals surface area contributed by atoms with E-state index in [1.165, 1.54) is 16.3 Å². The summed E-state index contributed by atoms with van der Waals surface area (Å²) in [6, 6.07) is 15.1. The summed E-state index contributed by atoms with van der Waals surface area (Å²) >= 11 is 0. The summed E-state index contributed by atoms with van der Waals surface area (Å²) in [5.41, 5.74) is 1.40. The van der Waals surface area contributed by atoms with E-state index in [0.717, 1.165) is 19.6 Å². The first-order valence-corrected chi connectivity index (χ1v) is 6.11. The molecule has 0 unspecified atom stereocenters. The molecule has 0 saturated carbocycles. The van der Waals surface area contributed by atoms with Gasteiger partial charge in [-0.25, -0.2) is 0 Å². The minimum Gasteiger partial charge on any atom is -0.318 e. The van der Waals surface area contributed by atoms with Gasteiger partial charge in [-0.3, -0.25) is 0 Å². The maximum absolute atomic E-state index is 3.18. The van der Waals surface area contributed by atoms with Crippen molar-refractivity contribution >= 4 is 10.8 Å². The van der Waals surface area contributed by atoms with Gasteiger partial charge in [0.2, 0.25) is 0 Å². The SMILES string of the molecule is CNCCN(C)Cc1cccc2ccccc12. The zero-order chi connectivity index (χ0) is 12.1. The van der Waals surface area contributed by atoms with Crippen molar-refractivity contribution in [3.63, 3.8) is 0 Å². The van der Waals surface area contributed by atoms with Crippen molar-refractivity contribution in [3.05, 3.63) is 48.0 Å². The Morgan fingerprint density at radius 3 is 2.65 bits per heavy atom. The molecule has 0 bridgehead atoms. The minimum atomic E-state index is 1.00. The second-order valence-electron chi connectivity index (χ2n) is 4.48. The Balaban J connectivity index is 2.18. The van der Waals surface area contributed by atoms with Crippen LogP contribution in [0.25, 0.3) is 10.8 Å². The Labute approximate surface area is 103 Å². The number of rotatable bonds is 5.